The van der Waals surface area contributed by atoms with E-state index >= 15 is 0 Å². The number of aryl methyl sites for hydroxylation is 1. The van der Waals surface area contributed by atoms with Gasteiger partial charge in [-0.05, 0) is 42.0 Å². The molecule has 1 aromatic heterocycles. The Morgan fingerprint density at radius 3 is 2.47 bits per heavy atom. The number of aromatic nitrogens is 1. The molecule has 0 fully saturated rings. The number of nitrogens with one attached hydrogen (secondary N) is 1. The number of aromatic amines is 1. The SMILES string of the molecule is O=C(O)c1[nH]c2c(-c3ccc(Cl)cc3Cl)cccc2c1CCCOc1cccc2ccccc12. The molecule has 0 bridgehead atoms. The molecule has 5 aromatic rings. The van der Waals surface area contributed by atoms with Crippen LogP contribution in [-0.2, 0) is 6.42 Å². The number of carboxylic acids is 1. The standard InChI is InChI=1S/C28H21Cl2NO3/c29-18-13-14-20(24(30)16-18)21-9-4-10-22-23(27(28(32)33)31-26(21)22)11-5-15-34-25-12-3-7-17-6-1-2-8-19(17)25/h1-4,6-10,12-14,16,31H,5,11,15H2,(H,32,33). The van der Waals surface area contributed by atoms with Gasteiger partial charge in [0.05, 0.1) is 12.1 Å². The van der Waals surface area contributed by atoms with E-state index in [0.717, 1.165) is 44.1 Å². The van der Waals surface area contributed by atoms with Gasteiger partial charge in [-0.3, -0.25) is 0 Å². The first-order valence-corrected chi connectivity index (χ1v) is 11.7. The number of hydrogen-bond donors (Lipinski definition) is 2. The number of fused-ring (bicyclic) bond motifs is 2. The molecule has 0 aliphatic carbocycles. The fraction of sp³-hybridized carbons (Fsp3) is 0.107. The minimum absolute atomic E-state index is 0.192. The average molecular weight is 490 g/mol. The molecule has 170 valence electrons. The Hall–Kier alpha value is -3.47. The number of H-pyrrole nitrogens is 1. The molecular formula is C28H21Cl2NO3. The first-order chi connectivity index (χ1) is 16.5. The van der Waals surface area contributed by atoms with E-state index in [2.05, 4.69) is 17.1 Å². The number of carboxylic acid groups (broad SMARTS) is 1. The van der Waals surface area contributed by atoms with E-state index in [4.69, 9.17) is 27.9 Å². The highest BCUT2D eigenvalue weighted by Crippen LogP contribution is 2.37. The maximum absolute atomic E-state index is 12.0. The molecule has 0 radical (unpaired) electrons. The zero-order valence-electron chi connectivity index (χ0n) is 18.1. The van der Waals surface area contributed by atoms with Crippen LogP contribution in [0.15, 0.2) is 78.9 Å². The van der Waals surface area contributed by atoms with Crippen molar-refractivity contribution in [2.24, 2.45) is 0 Å². The normalized spacial score (nSPS) is 11.2. The number of hydrogen-bond acceptors (Lipinski definition) is 2. The van der Waals surface area contributed by atoms with Crippen LogP contribution in [0, 0.1) is 0 Å². The van der Waals surface area contributed by atoms with Crippen molar-refractivity contribution >= 4 is 50.8 Å². The molecule has 0 saturated heterocycles. The lowest BCUT2D eigenvalue weighted by molar-refractivity contribution is 0.0690. The van der Waals surface area contributed by atoms with Crippen LogP contribution in [0.5, 0.6) is 5.75 Å². The van der Waals surface area contributed by atoms with Crippen LogP contribution in [0.4, 0.5) is 0 Å². The zero-order valence-corrected chi connectivity index (χ0v) is 19.7. The Kier molecular flexibility index (Phi) is 6.18. The van der Waals surface area contributed by atoms with Gasteiger partial charge in [0.2, 0.25) is 0 Å². The Labute approximate surface area is 206 Å². The summed E-state index contributed by atoms with van der Waals surface area (Å²) in [5.41, 5.74) is 3.32. The molecule has 0 unspecified atom stereocenters. The van der Waals surface area contributed by atoms with E-state index in [-0.39, 0.29) is 5.69 Å². The van der Waals surface area contributed by atoms with Gasteiger partial charge in [0, 0.05) is 31.9 Å². The van der Waals surface area contributed by atoms with E-state index in [0.29, 0.717) is 29.5 Å². The molecule has 0 saturated carbocycles. The first-order valence-electron chi connectivity index (χ1n) is 11.0. The second kappa shape index (κ2) is 9.41. The van der Waals surface area contributed by atoms with E-state index in [1.807, 2.05) is 54.6 Å². The predicted molar refractivity (Wildman–Crippen MR) is 138 cm³/mol. The van der Waals surface area contributed by atoms with Crippen molar-refractivity contribution in [1.29, 1.82) is 0 Å². The van der Waals surface area contributed by atoms with Crippen LogP contribution in [0.3, 0.4) is 0 Å². The largest absolute Gasteiger partial charge is 0.493 e. The van der Waals surface area contributed by atoms with Gasteiger partial charge in [0.15, 0.2) is 0 Å². The van der Waals surface area contributed by atoms with Crippen molar-refractivity contribution < 1.29 is 14.6 Å². The molecule has 0 aliphatic heterocycles. The summed E-state index contributed by atoms with van der Waals surface area (Å²) in [5, 5.41) is 14.0. The molecule has 4 nitrogen and oxygen atoms in total. The number of ether oxygens (including phenoxy) is 1. The van der Waals surface area contributed by atoms with Gasteiger partial charge in [-0.1, -0.05) is 83.9 Å². The number of para-hydroxylation sites is 1. The summed E-state index contributed by atoms with van der Waals surface area (Å²) in [7, 11) is 0. The Morgan fingerprint density at radius 2 is 1.65 bits per heavy atom. The predicted octanol–water partition coefficient (Wildman–Crippen LogP) is 8.00. The summed E-state index contributed by atoms with van der Waals surface area (Å²) in [6.07, 6.45) is 1.23. The van der Waals surface area contributed by atoms with Crippen LogP contribution in [0.2, 0.25) is 10.0 Å². The fourth-order valence-electron chi connectivity index (χ4n) is 4.40. The quantitative estimate of drug-likeness (QED) is 0.227. The van der Waals surface area contributed by atoms with E-state index in [9.17, 15) is 9.90 Å². The molecule has 1 heterocycles. The molecule has 5 rings (SSSR count). The third-order valence-corrected chi connectivity index (χ3v) is 6.50. The van der Waals surface area contributed by atoms with E-state index < -0.39 is 5.97 Å². The number of benzene rings is 4. The van der Waals surface area contributed by atoms with Crippen molar-refractivity contribution in [3.63, 3.8) is 0 Å². The summed E-state index contributed by atoms with van der Waals surface area (Å²) in [5.74, 6) is -0.163. The Balaban J connectivity index is 1.42. The van der Waals surface area contributed by atoms with E-state index in [1.54, 1.807) is 12.1 Å². The molecule has 4 aromatic carbocycles. The Bertz CT molecular complexity index is 1520. The van der Waals surface area contributed by atoms with Crippen LogP contribution in [0.1, 0.15) is 22.5 Å². The molecular weight excluding hydrogens is 469 g/mol. The molecule has 0 amide bonds. The molecule has 34 heavy (non-hydrogen) atoms. The van der Waals surface area contributed by atoms with Crippen molar-refractivity contribution in [3.8, 4) is 16.9 Å². The lowest BCUT2D eigenvalue weighted by Crippen LogP contribution is -2.04. The second-order valence-corrected chi connectivity index (χ2v) is 8.91. The number of halogens is 2. The maximum Gasteiger partial charge on any atom is 0.352 e. The lowest BCUT2D eigenvalue weighted by atomic mass is 10.00. The van der Waals surface area contributed by atoms with E-state index in [1.165, 1.54) is 0 Å². The van der Waals surface area contributed by atoms with Crippen molar-refractivity contribution in [2.75, 3.05) is 6.61 Å². The molecule has 0 spiro atoms. The highest BCUT2D eigenvalue weighted by atomic mass is 35.5. The summed E-state index contributed by atoms with van der Waals surface area (Å²) in [4.78, 5) is 15.2. The third kappa shape index (κ3) is 4.23. The second-order valence-electron chi connectivity index (χ2n) is 8.07. The topological polar surface area (TPSA) is 62.3 Å². The fourth-order valence-corrected chi connectivity index (χ4v) is 4.91. The van der Waals surface area contributed by atoms with Crippen LogP contribution >= 0.6 is 23.2 Å². The number of carbonyl (C=O) groups is 1. The summed E-state index contributed by atoms with van der Waals surface area (Å²) >= 11 is 12.5. The van der Waals surface area contributed by atoms with Gasteiger partial charge in [0.1, 0.15) is 11.4 Å². The smallest absolute Gasteiger partial charge is 0.352 e. The monoisotopic (exact) mass is 489 g/mol. The van der Waals surface area contributed by atoms with Crippen LogP contribution < -0.4 is 4.74 Å². The summed E-state index contributed by atoms with van der Waals surface area (Å²) in [6.45, 7) is 0.475. The minimum atomic E-state index is -0.991. The lowest BCUT2D eigenvalue weighted by Gasteiger charge is -2.10. The average Bonchev–Trinajstić information content (AvgIpc) is 3.21. The van der Waals surface area contributed by atoms with Crippen LogP contribution in [0.25, 0.3) is 32.8 Å². The summed E-state index contributed by atoms with van der Waals surface area (Å²) < 4.78 is 6.06. The Morgan fingerprint density at radius 1 is 0.882 bits per heavy atom. The third-order valence-electron chi connectivity index (χ3n) is 5.95. The van der Waals surface area contributed by atoms with Crippen molar-refractivity contribution in [3.05, 3.63) is 100 Å². The van der Waals surface area contributed by atoms with Gasteiger partial charge in [0.25, 0.3) is 0 Å². The van der Waals surface area contributed by atoms with Gasteiger partial charge in [-0.25, -0.2) is 4.79 Å². The van der Waals surface area contributed by atoms with Crippen molar-refractivity contribution in [2.45, 2.75) is 12.8 Å². The maximum atomic E-state index is 12.0. The van der Waals surface area contributed by atoms with Gasteiger partial charge >= 0.3 is 5.97 Å². The zero-order chi connectivity index (χ0) is 23.7. The van der Waals surface area contributed by atoms with Crippen molar-refractivity contribution in [1.82, 2.24) is 4.98 Å². The number of rotatable bonds is 7. The molecule has 0 aliphatic rings. The van der Waals surface area contributed by atoms with Gasteiger partial charge in [-0.15, -0.1) is 0 Å². The van der Waals surface area contributed by atoms with Crippen LogP contribution in [-0.4, -0.2) is 22.7 Å². The highest BCUT2D eigenvalue weighted by Gasteiger charge is 2.20. The van der Waals surface area contributed by atoms with Gasteiger partial charge in [-0.2, -0.15) is 0 Å². The first kappa shape index (κ1) is 22.3. The molecule has 6 heteroatoms. The van der Waals surface area contributed by atoms with Gasteiger partial charge < -0.3 is 14.8 Å². The highest BCUT2D eigenvalue weighted by molar-refractivity contribution is 6.36. The number of aromatic carboxylic acids is 1. The minimum Gasteiger partial charge on any atom is -0.493 e. The molecule has 0 atom stereocenters. The summed E-state index contributed by atoms with van der Waals surface area (Å²) in [6, 6.07) is 25.1. The molecule has 2 N–H and O–H groups in total.